The highest BCUT2D eigenvalue weighted by atomic mass is 32.2. The monoisotopic (exact) mass is 376 g/mol. The van der Waals surface area contributed by atoms with Crippen LogP contribution in [0.2, 0.25) is 0 Å². The van der Waals surface area contributed by atoms with Gasteiger partial charge >= 0.3 is 0 Å². The fraction of sp³-hybridized carbons (Fsp3) is 0. The van der Waals surface area contributed by atoms with Gasteiger partial charge in [0.2, 0.25) is 0 Å². The Morgan fingerprint density at radius 2 is 1.09 bits per heavy atom. The van der Waals surface area contributed by atoms with Crippen molar-refractivity contribution in [3.8, 4) is 0 Å². The zero-order valence-electron chi connectivity index (χ0n) is 11.4. The van der Waals surface area contributed by atoms with Crippen LogP contribution in [0.25, 0.3) is 0 Å². The van der Waals surface area contributed by atoms with E-state index in [1.165, 1.54) is 24.3 Å². The van der Waals surface area contributed by atoms with E-state index in [0.29, 0.717) is 0 Å². The van der Waals surface area contributed by atoms with Crippen LogP contribution in [0.5, 0.6) is 0 Å². The van der Waals surface area contributed by atoms with Gasteiger partial charge in [-0.1, -0.05) is 11.8 Å². The molecule has 0 bridgehead atoms. The number of rotatable bonds is 4. The van der Waals surface area contributed by atoms with Crippen LogP contribution in [0, 0.1) is 0 Å². The molecule has 0 aliphatic heterocycles. The Morgan fingerprint density at radius 1 is 0.739 bits per heavy atom. The standard InChI is InChI=1S/C12H12N2O6S3/c13-7-1-3-9(11(5-7)22(15,16)17)21-10-4-2-8(14)6-12(10)23(18,19)20/h1-6H,13-14H2,(H,15,16,17)(H,18,19,20). The van der Waals surface area contributed by atoms with Gasteiger partial charge in [-0.15, -0.1) is 0 Å². The summed E-state index contributed by atoms with van der Waals surface area (Å²) in [6, 6.07) is 7.49. The largest absolute Gasteiger partial charge is 0.399 e. The van der Waals surface area contributed by atoms with Crippen LogP contribution in [0.15, 0.2) is 56.0 Å². The second-order valence-electron chi connectivity index (χ2n) is 4.46. The van der Waals surface area contributed by atoms with Gasteiger partial charge in [-0.25, -0.2) is 0 Å². The van der Waals surface area contributed by atoms with Gasteiger partial charge in [0.25, 0.3) is 20.2 Å². The summed E-state index contributed by atoms with van der Waals surface area (Å²) in [5, 5.41) is 0. The first-order valence-corrected chi connectivity index (χ1v) is 9.60. The first-order valence-electron chi connectivity index (χ1n) is 5.90. The molecule has 0 saturated heterocycles. The van der Waals surface area contributed by atoms with Crippen LogP contribution >= 0.6 is 11.8 Å². The third-order valence-electron chi connectivity index (χ3n) is 2.71. The Hall–Kier alpha value is -1.79. The summed E-state index contributed by atoms with van der Waals surface area (Å²) < 4.78 is 64.2. The molecule has 0 aliphatic carbocycles. The van der Waals surface area contributed by atoms with Gasteiger partial charge in [0, 0.05) is 21.2 Å². The molecule has 0 aromatic heterocycles. The number of nitrogen functional groups attached to an aromatic ring is 2. The van der Waals surface area contributed by atoms with Crippen molar-refractivity contribution in [2.75, 3.05) is 11.5 Å². The number of benzene rings is 2. The number of nitrogens with two attached hydrogens (primary N) is 2. The molecule has 0 atom stereocenters. The van der Waals surface area contributed by atoms with Gasteiger partial charge in [0.1, 0.15) is 9.79 Å². The molecule has 6 N–H and O–H groups in total. The quantitative estimate of drug-likeness (QED) is 0.457. The number of hydrogen-bond acceptors (Lipinski definition) is 7. The first kappa shape index (κ1) is 17.6. The van der Waals surface area contributed by atoms with E-state index in [1.54, 1.807) is 0 Å². The summed E-state index contributed by atoms with van der Waals surface area (Å²) in [5.74, 6) is 0. The summed E-state index contributed by atoms with van der Waals surface area (Å²) >= 11 is 0.723. The Balaban J connectivity index is 2.62. The molecule has 0 fully saturated rings. The third kappa shape index (κ3) is 4.14. The molecule has 2 aromatic rings. The molecule has 0 spiro atoms. The van der Waals surface area contributed by atoms with Crippen LogP contribution in [0.1, 0.15) is 0 Å². The highest BCUT2D eigenvalue weighted by Crippen LogP contribution is 2.37. The maximum absolute atomic E-state index is 11.4. The summed E-state index contributed by atoms with van der Waals surface area (Å²) in [5.41, 5.74) is 11.2. The molecule has 0 saturated carbocycles. The van der Waals surface area contributed by atoms with Gasteiger partial charge in [-0.2, -0.15) is 16.8 Å². The maximum atomic E-state index is 11.4. The Labute approximate surface area is 137 Å². The van der Waals surface area contributed by atoms with Crippen molar-refractivity contribution in [1.29, 1.82) is 0 Å². The van der Waals surface area contributed by atoms with Crippen molar-refractivity contribution in [2.24, 2.45) is 0 Å². The van der Waals surface area contributed by atoms with E-state index >= 15 is 0 Å². The average Bonchev–Trinajstić information content (AvgIpc) is 2.40. The van der Waals surface area contributed by atoms with Crippen molar-refractivity contribution in [3.05, 3.63) is 36.4 Å². The van der Waals surface area contributed by atoms with Gasteiger partial charge in [0.05, 0.1) is 0 Å². The molecular formula is C12H12N2O6S3. The van der Waals surface area contributed by atoms with Crippen molar-refractivity contribution in [3.63, 3.8) is 0 Å². The lowest BCUT2D eigenvalue weighted by Gasteiger charge is -2.11. The molecule has 0 radical (unpaired) electrons. The van der Waals surface area contributed by atoms with Crippen LogP contribution < -0.4 is 11.5 Å². The molecule has 124 valence electrons. The summed E-state index contributed by atoms with van der Waals surface area (Å²) in [4.78, 5) is -0.867. The minimum absolute atomic E-state index is 0.0383. The fourth-order valence-corrected chi connectivity index (χ4v) is 4.66. The molecule has 23 heavy (non-hydrogen) atoms. The first-order chi connectivity index (χ1) is 10.5. The average molecular weight is 376 g/mol. The molecular weight excluding hydrogens is 364 g/mol. The molecule has 11 heteroatoms. The van der Waals surface area contributed by atoms with Crippen LogP contribution in [-0.2, 0) is 20.2 Å². The lowest BCUT2D eigenvalue weighted by Crippen LogP contribution is -2.04. The fourth-order valence-electron chi connectivity index (χ4n) is 1.74. The molecule has 0 heterocycles. The summed E-state index contributed by atoms with van der Waals surface area (Å²) in [6.07, 6.45) is 0. The van der Waals surface area contributed by atoms with Crippen molar-refractivity contribution in [2.45, 2.75) is 19.6 Å². The second-order valence-corrected chi connectivity index (χ2v) is 8.33. The third-order valence-corrected chi connectivity index (χ3v) is 5.91. The minimum Gasteiger partial charge on any atom is -0.399 e. The normalized spacial score (nSPS) is 12.3. The lowest BCUT2D eigenvalue weighted by atomic mass is 10.3. The number of anilines is 2. The maximum Gasteiger partial charge on any atom is 0.295 e. The second kappa shape index (κ2) is 6.02. The molecule has 0 unspecified atom stereocenters. The summed E-state index contributed by atoms with van der Waals surface area (Å²) in [7, 11) is -9.14. The highest BCUT2D eigenvalue weighted by molar-refractivity contribution is 8.00. The summed E-state index contributed by atoms with van der Waals surface area (Å²) in [6.45, 7) is 0. The predicted octanol–water partition coefficient (Wildman–Crippen LogP) is 1.50. The van der Waals surface area contributed by atoms with Crippen molar-refractivity contribution < 1.29 is 25.9 Å². The van der Waals surface area contributed by atoms with E-state index in [4.69, 9.17) is 11.5 Å². The molecule has 2 aromatic carbocycles. The number of hydrogen-bond donors (Lipinski definition) is 4. The SMILES string of the molecule is Nc1ccc(Sc2ccc(N)cc2S(=O)(=O)O)c(S(=O)(=O)O)c1. The topological polar surface area (TPSA) is 161 Å². The van der Waals surface area contributed by atoms with Gasteiger partial charge in [-0.05, 0) is 36.4 Å². The van der Waals surface area contributed by atoms with E-state index in [-0.39, 0.29) is 21.2 Å². The molecule has 0 amide bonds. The minimum atomic E-state index is -4.57. The zero-order valence-corrected chi connectivity index (χ0v) is 13.8. The van der Waals surface area contributed by atoms with E-state index < -0.39 is 30.0 Å². The highest BCUT2D eigenvalue weighted by Gasteiger charge is 2.21. The van der Waals surface area contributed by atoms with Crippen LogP contribution in [0.3, 0.4) is 0 Å². The Morgan fingerprint density at radius 3 is 1.39 bits per heavy atom. The molecule has 8 nitrogen and oxygen atoms in total. The van der Waals surface area contributed by atoms with Crippen LogP contribution in [0.4, 0.5) is 11.4 Å². The van der Waals surface area contributed by atoms with E-state index in [2.05, 4.69) is 0 Å². The van der Waals surface area contributed by atoms with Crippen molar-refractivity contribution in [1.82, 2.24) is 0 Å². The van der Waals surface area contributed by atoms with Gasteiger partial charge in [0.15, 0.2) is 0 Å². The van der Waals surface area contributed by atoms with Crippen molar-refractivity contribution >= 4 is 43.4 Å². The predicted molar refractivity (Wildman–Crippen MR) is 85.5 cm³/mol. The van der Waals surface area contributed by atoms with Crippen LogP contribution in [-0.4, -0.2) is 25.9 Å². The van der Waals surface area contributed by atoms with E-state index in [0.717, 1.165) is 23.9 Å². The Kier molecular flexibility index (Phi) is 4.59. The Bertz CT molecular complexity index is 891. The lowest BCUT2D eigenvalue weighted by molar-refractivity contribution is 0.479. The van der Waals surface area contributed by atoms with Gasteiger partial charge in [-0.3, -0.25) is 9.11 Å². The van der Waals surface area contributed by atoms with Gasteiger partial charge < -0.3 is 11.5 Å². The molecule has 2 rings (SSSR count). The zero-order chi connectivity index (χ0) is 17.4. The van der Waals surface area contributed by atoms with E-state index in [1.807, 2.05) is 0 Å². The van der Waals surface area contributed by atoms with E-state index in [9.17, 15) is 25.9 Å². The smallest absolute Gasteiger partial charge is 0.295 e. The molecule has 0 aliphatic rings.